The fourth-order valence-corrected chi connectivity index (χ4v) is 4.58. The van der Waals surface area contributed by atoms with E-state index in [9.17, 15) is 8.42 Å². The molecule has 124 valence electrons. The number of nitrogens with zero attached hydrogens (tertiary/aromatic N) is 4. The predicted molar refractivity (Wildman–Crippen MR) is 89.3 cm³/mol. The third-order valence-corrected chi connectivity index (χ3v) is 6.22. The molecule has 0 bridgehead atoms. The van der Waals surface area contributed by atoms with E-state index in [4.69, 9.17) is 0 Å². The van der Waals surface area contributed by atoms with Crippen LogP contribution in [0.5, 0.6) is 0 Å². The highest BCUT2D eigenvalue weighted by Gasteiger charge is 2.35. The first-order chi connectivity index (χ1) is 11.0. The Kier molecular flexibility index (Phi) is 4.50. The van der Waals surface area contributed by atoms with Crippen LogP contribution in [0.1, 0.15) is 19.0 Å². The van der Waals surface area contributed by atoms with Crippen LogP contribution in [0.15, 0.2) is 30.7 Å². The van der Waals surface area contributed by atoms with Crippen molar-refractivity contribution in [2.45, 2.75) is 26.8 Å². The Balaban J connectivity index is 1.70. The first-order valence-electron chi connectivity index (χ1n) is 7.91. The van der Waals surface area contributed by atoms with E-state index < -0.39 is 10.0 Å². The lowest BCUT2D eigenvalue weighted by molar-refractivity contribution is 0.179. The summed E-state index contributed by atoms with van der Waals surface area (Å²) in [6, 6.07) is 3.88. The summed E-state index contributed by atoms with van der Waals surface area (Å²) in [5.41, 5.74) is 2.12. The molecule has 1 saturated heterocycles. The zero-order valence-electron chi connectivity index (χ0n) is 13.5. The third-order valence-electron chi connectivity index (χ3n) is 4.21. The Labute approximate surface area is 137 Å². The summed E-state index contributed by atoms with van der Waals surface area (Å²) >= 11 is 0. The molecule has 0 spiro atoms. The number of aromatic nitrogens is 3. The fourth-order valence-electron chi connectivity index (χ4n) is 2.93. The Hall–Kier alpha value is -1.73. The Morgan fingerprint density at radius 2 is 1.96 bits per heavy atom. The molecule has 23 heavy (non-hydrogen) atoms. The van der Waals surface area contributed by atoms with Crippen LogP contribution < -0.4 is 0 Å². The van der Waals surface area contributed by atoms with Gasteiger partial charge in [0.25, 0.3) is 0 Å². The molecule has 0 unspecified atom stereocenters. The van der Waals surface area contributed by atoms with Crippen molar-refractivity contribution in [2.75, 3.05) is 18.8 Å². The standard InChI is InChI=1S/C16H22N4O2S/c1-3-8-23(21,22)19-10-14(11-19)12-20-13(2)9-18-16(20)15-4-6-17-7-5-15/h4-7,9,14H,3,8,10-12H2,1-2H3. The quantitative estimate of drug-likeness (QED) is 0.809. The molecule has 2 aromatic heterocycles. The molecule has 0 aromatic carbocycles. The highest BCUT2D eigenvalue weighted by molar-refractivity contribution is 7.89. The summed E-state index contributed by atoms with van der Waals surface area (Å²) < 4.78 is 27.8. The first-order valence-corrected chi connectivity index (χ1v) is 9.52. The minimum atomic E-state index is -3.06. The van der Waals surface area contributed by atoms with Gasteiger partial charge in [0.2, 0.25) is 10.0 Å². The van der Waals surface area contributed by atoms with E-state index in [2.05, 4.69) is 14.5 Å². The van der Waals surface area contributed by atoms with Crippen LogP contribution >= 0.6 is 0 Å². The molecule has 0 atom stereocenters. The van der Waals surface area contributed by atoms with Gasteiger partial charge in [-0.1, -0.05) is 6.92 Å². The molecule has 1 aliphatic rings. The number of sulfonamides is 1. The minimum Gasteiger partial charge on any atom is -0.328 e. The fraction of sp³-hybridized carbons (Fsp3) is 0.500. The van der Waals surface area contributed by atoms with Gasteiger partial charge in [-0.2, -0.15) is 0 Å². The molecule has 0 aliphatic carbocycles. The summed E-state index contributed by atoms with van der Waals surface area (Å²) in [5.74, 6) is 1.50. The average molecular weight is 334 g/mol. The van der Waals surface area contributed by atoms with Crippen molar-refractivity contribution in [1.82, 2.24) is 18.8 Å². The van der Waals surface area contributed by atoms with Gasteiger partial charge in [0.15, 0.2) is 0 Å². The summed E-state index contributed by atoms with van der Waals surface area (Å²) in [5, 5.41) is 0. The SMILES string of the molecule is CCCS(=O)(=O)N1CC(Cn2c(C)cnc2-c2ccncc2)C1. The van der Waals surface area contributed by atoms with E-state index in [0.29, 0.717) is 25.4 Å². The average Bonchev–Trinajstić information content (AvgIpc) is 2.84. The zero-order valence-corrected chi connectivity index (χ0v) is 14.3. The van der Waals surface area contributed by atoms with Crippen molar-refractivity contribution < 1.29 is 8.42 Å². The van der Waals surface area contributed by atoms with Gasteiger partial charge < -0.3 is 4.57 Å². The maximum Gasteiger partial charge on any atom is 0.214 e. The first kappa shape index (κ1) is 16.1. The van der Waals surface area contributed by atoms with Crippen LogP contribution in [-0.4, -0.2) is 46.1 Å². The van der Waals surface area contributed by atoms with Crippen LogP contribution in [0.3, 0.4) is 0 Å². The highest BCUT2D eigenvalue weighted by Crippen LogP contribution is 2.26. The maximum atomic E-state index is 12.0. The number of imidazole rings is 1. The van der Waals surface area contributed by atoms with Gasteiger partial charge in [0.1, 0.15) is 5.82 Å². The summed E-state index contributed by atoms with van der Waals surface area (Å²) in [7, 11) is -3.06. The van der Waals surface area contributed by atoms with Crippen molar-refractivity contribution in [1.29, 1.82) is 0 Å². The van der Waals surface area contributed by atoms with Gasteiger partial charge in [-0.05, 0) is 25.5 Å². The second-order valence-corrected chi connectivity index (χ2v) is 8.16. The minimum absolute atomic E-state index is 0.242. The van der Waals surface area contributed by atoms with E-state index in [1.807, 2.05) is 32.2 Å². The molecule has 3 heterocycles. The lowest BCUT2D eigenvalue weighted by atomic mass is 10.0. The molecular weight excluding hydrogens is 312 g/mol. The Morgan fingerprint density at radius 3 is 2.61 bits per heavy atom. The summed E-state index contributed by atoms with van der Waals surface area (Å²) in [6.45, 7) is 5.93. The molecule has 7 heteroatoms. The van der Waals surface area contributed by atoms with Gasteiger partial charge in [0.05, 0.1) is 5.75 Å². The molecule has 6 nitrogen and oxygen atoms in total. The van der Waals surface area contributed by atoms with Gasteiger partial charge in [-0.15, -0.1) is 0 Å². The van der Waals surface area contributed by atoms with Gasteiger partial charge >= 0.3 is 0 Å². The van der Waals surface area contributed by atoms with Crippen molar-refractivity contribution >= 4 is 10.0 Å². The Morgan fingerprint density at radius 1 is 1.26 bits per heavy atom. The topological polar surface area (TPSA) is 68.1 Å². The van der Waals surface area contributed by atoms with Gasteiger partial charge in [-0.25, -0.2) is 17.7 Å². The second kappa shape index (κ2) is 6.41. The molecule has 0 radical (unpaired) electrons. The number of hydrogen-bond donors (Lipinski definition) is 0. The van der Waals surface area contributed by atoms with Crippen molar-refractivity contribution in [2.24, 2.45) is 5.92 Å². The number of aryl methyl sites for hydroxylation is 1. The normalized spacial score (nSPS) is 16.4. The van der Waals surface area contributed by atoms with Crippen LogP contribution in [-0.2, 0) is 16.6 Å². The van der Waals surface area contributed by atoms with E-state index in [-0.39, 0.29) is 5.75 Å². The van der Waals surface area contributed by atoms with Crippen LogP contribution in [0.2, 0.25) is 0 Å². The van der Waals surface area contributed by atoms with Gasteiger partial charge in [-0.3, -0.25) is 4.98 Å². The molecule has 0 amide bonds. The van der Waals surface area contributed by atoms with Crippen molar-refractivity contribution in [3.8, 4) is 11.4 Å². The van der Waals surface area contributed by atoms with Crippen molar-refractivity contribution in [3.05, 3.63) is 36.4 Å². The van der Waals surface area contributed by atoms with E-state index in [1.165, 1.54) is 0 Å². The molecule has 0 saturated carbocycles. The molecule has 1 aliphatic heterocycles. The second-order valence-electron chi connectivity index (χ2n) is 6.07. The lowest BCUT2D eigenvalue weighted by Gasteiger charge is -2.38. The zero-order chi connectivity index (χ0) is 16.4. The van der Waals surface area contributed by atoms with Crippen molar-refractivity contribution in [3.63, 3.8) is 0 Å². The predicted octanol–water partition coefficient (Wildman–Crippen LogP) is 1.93. The molecule has 0 N–H and O–H groups in total. The largest absolute Gasteiger partial charge is 0.328 e. The smallest absolute Gasteiger partial charge is 0.214 e. The van der Waals surface area contributed by atoms with E-state index in [1.54, 1.807) is 16.7 Å². The summed E-state index contributed by atoms with van der Waals surface area (Å²) in [6.07, 6.45) is 6.04. The number of hydrogen-bond acceptors (Lipinski definition) is 4. The lowest BCUT2D eigenvalue weighted by Crippen LogP contribution is -2.52. The molecular formula is C16H22N4O2S. The molecule has 1 fully saturated rings. The Bertz CT molecular complexity index is 765. The van der Waals surface area contributed by atoms with Crippen LogP contribution in [0.25, 0.3) is 11.4 Å². The van der Waals surface area contributed by atoms with Gasteiger partial charge in [0, 0.05) is 55.4 Å². The highest BCUT2D eigenvalue weighted by atomic mass is 32.2. The maximum absolute atomic E-state index is 12.0. The molecule has 2 aromatic rings. The number of pyridine rings is 1. The number of rotatable bonds is 6. The summed E-state index contributed by atoms with van der Waals surface area (Å²) in [4.78, 5) is 8.54. The molecule has 3 rings (SSSR count). The third kappa shape index (κ3) is 3.30. The van der Waals surface area contributed by atoms with Crippen LogP contribution in [0.4, 0.5) is 0 Å². The monoisotopic (exact) mass is 334 g/mol. The van der Waals surface area contributed by atoms with E-state index in [0.717, 1.165) is 23.6 Å². The van der Waals surface area contributed by atoms with E-state index >= 15 is 0 Å². The van der Waals surface area contributed by atoms with Crippen LogP contribution in [0, 0.1) is 12.8 Å².